The van der Waals surface area contributed by atoms with Gasteiger partial charge in [-0.3, -0.25) is 14.0 Å². The molecule has 3 aliphatic rings. The summed E-state index contributed by atoms with van der Waals surface area (Å²) >= 11 is 0. The minimum Gasteiger partial charge on any atom is -0.389 e. The lowest BCUT2D eigenvalue weighted by Gasteiger charge is -2.17. The van der Waals surface area contributed by atoms with Gasteiger partial charge in [-0.2, -0.15) is 63.6 Å². The highest BCUT2D eigenvalue weighted by atomic mass is 32.2. The molecule has 0 saturated carbocycles. The molecule has 0 fully saturated rings. The summed E-state index contributed by atoms with van der Waals surface area (Å²) in [6, 6.07) is 0. The van der Waals surface area contributed by atoms with Gasteiger partial charge >= 0.3 is 23.8 Å². The molecule has 3 aromatic heterocycles. The summed E-state index contributed by atoms with van der Waals surface area (Å²) in [5.41, 5.74) is -13.8. The monoisotopic (exact) mass is 1030 g/mol. The Labute approximate surface area is 367 Å². The van der Waals surface area contributed by atoms with Crippen molar-refractivity contribution in [3.05, 3.63) is 52.4 Å². The number of alkyl halides is 12. The van der Waals surface area contributed by atoms with Crippen LogP contribution in [0.15, 0.2) is 34.1 Å². The van der Waals surface area contributed by atoms with E-state index < -0.39 is 132 Å². The number of halogens is 12. The Hall–Kier alpha value is -4.95. The fourth-order valence-electron chi connectivity index (χ4n) is 5.76. The Kier molecular flexibility index (Phi) is 14.1. The second-order valence-corrected chi connectivity index (χ2v) is 22.5. The third-order valence-electron chi connectivity index (χ3n) is 8.85. The van der Waals surface area contributed by atoms with Gasteiger partial charge in [-0.15, -0.1) is 0 Å². The van der Waals surface area contributed by atoms with Crippen molar-refractivity contribution >= 4 is 44.6 Å². The van der Waals surface area contributed by atoms with Crippen molar-refractivity contribution in [3.8, 4) is 0 Å². The maximum Gasteiger partial charge on any atom is 0.419 e. The topological polar surface area (TPSA) is 221 Å². The highest BCUT2D eigenvalue weighted by Gasteiger charge is 2.58. The summed E-state index contributed by atoms with van der Waals surface area (Å²) in [6.45, 7) is 9.13. The SMILES string of the molecule is Cn1cc(C(F)(F)F)c(C(F)(F)S(=O)(=O)C2=NOC(C)(C)C2)n1.Cn1cc(C(F)(F)F)c(C(F)S(=O)(=O)C2=NOC(C)(C)C2)n1.Cn1cc(C(F)(F)F)c(CS(=O)(=O)C2=NOC(C)(C)C2)n1. The van der Waals surface area contributed by atoms with Crippen molar-refractivity contribution in [3.63, 3.8) is 0 Å². The number of hydrogen-bond donors (Lipinski definition) is 0. The molecule has 33 heteroatoms. The Morgan fingerprint density at radius 2 is 0.955 bits per heavy atom. The molecular formula is C33H39F12N9O9S3. The molecule has 0 N–H and O–H groups in total. The van der Waals surface area contributed by atoms with E-state index in [1.54, 1.807) is 13.8 Å². The van der Waals surface area contributed by atoms with E-state index in [9.17, 15) is 77.9 Å². The third kappa shape index (κ3) is 11.8. The minimum atomic E-state index is -5.52. The van der Waals surface area contributed by atoms with E-state index in [1.165, 1.54) is 34.7 Å². The van der Waals surface area contributed by atoms with E-state index in [-0.39, 0.29) is 24.1 Å². The number of aromatic nitrogens is 6. The van der Waals surface area contributed by atoms with Crippen molar-refractivity contribution in [2.45, 2.75) is 113 Å². The molecule has 0 saturated heterocycles. The first kappa shape index (κ1) is 53.7. The molecule has 0 aliphatic carbocycles. The molecule has 0 aromatic carbocycles. The average Bonchev–Trinajstić information content (AvgIpc) is 3.99. The largest absolute Gasteiger partial charge is 0.419 e. The van der Waals surface area contributed by atoms with Crippen LogP contribution in [0, 0.1) is 0 Å². The molecule has 3 aliphatic heterocycles. The van der Waals surface area contributed by atoms with Crippen molar-refractivity contribution in [1.29, 1.82) is 0 Å². The maximum atomic E-state index is 14.3. The molecule has 6 heterocycles. The number of hydrogen-bond acceptors (Lipinski definition) is 15. The zero-order chi connectivity index (χ0) is 50.8. The van der Waals surface area contributed by atoms with Crippen LogP contribution in [-0.4, -0.2) is 86.5 Å². The quantitative estimate of drug-likeness (QED) is 0.238. The van der Waals surface area contributed by atoms with E-state index >= 15 is 0 Å². The first-order valence-electron chi connectivity index (χ1n) is 18.2. The van der Waals surface area contributed by atoms with Crippen LogP contribution in [0.25, 0.3) is 0 Å². The molecule has 6 rings (SSSR count). The highest BCUT2D eigenvalue weighted by Crippen LogP contribution is 2.44. The summed E-state index contributed by atoms with van der Waals surface area (Å²) < 4.78 is 233. The Morgan fingerprint density at radius 1 is 0.576 bits per heavy atom. The minimum absolute atomic E-state index is 0.0174. The molecule has 18 nitrogen and oxygen atoms in total. The Morgan fingerprint density at radius 3 is 1.38 bits per heavy atom. The molecule has 1 unspecified atom stereocenters. The van der Waals surface area contributed by atoms with Crippen molar-refractivity contribution < 1.29 is 92.5 Å². The first-order chi connectivity index (χ1) is 29.4. The van der Waals surface area contributed by atoms with Crippen molar-refractivity contribution in [2.75, 3.05) is 0 Å². The predicted molar refractivity (Wildman–Crippen MR) is 204 cm³/mol. The standard InChI is InChI=1S/C11H12F5N3O3S.C11H13F4N3O3S.C11H14F3N3O3S/c1-9(2)4-7(18-22-9)23(20,21)11(15,16)8-6(10(12,13)14)5-19(3)17-8;1-10(2)4-7(17-21-10)22(19,20)9(12)8-6(11(13,14)15)5-18(3)16-8;1-10(2)4-9(16-20-10)21(18,19)6-8-7(11(12,13)14)5-17(3)15-8/h5H,4H2,1-3H3;5,9H,4H2,1-3H3;5H,4,6H2,1-3H3. The number of aryl methyl sites for hydroxylation is 3. The molecule has 0 radical (unpaired) electrons. The fraction of sp³-hybridized carbons (Fsp3) is 0.636. The Bertz CT molecular complexity index is 2770. The predicted octanol–water partition coefficient (Wildman–Crippen LogP) is 6.62. The summed E-state index contributed by atoms with van der Waals surface area (Å²) in [5, 5.41) is 12.9. The van der Waals surface area contributed by atoms with Crippen molar-refractivity contribution in [2.24, 2.45) is 36.6 Å². The van der Waals surface area contributed by atoms with Crippen LogP contribution in [0.3, 0.4) is 0 Å². The van der Waals surface area contributed by atoms with Gasteiger partial charge in [0.05, 0.1) is 11.3 Å². The number of nitrogens with zero attached hydrogens (tertiary/aromatic N) is 9. The van der Waals surface area contributed by atoms with Gasteiger partial charge in [0.1, 0.15) is 39.4 Å². The first-order valence-corrected chi connectivity index (χ1v) is 22.9. The molecule has 0 spiro atoms. The van der Waals surface area contributed by atoms with Gasteiger partial charge in [-0.05, 0) is 41.5 Å². The maximum absolute atomic E-state index is 14.3. The van der Waals surface area contributed by atoms with Gasteiger partial charge in [0.2, 0.25) is 19.7 Å². The van der Waals surface area contributed by atoms with E-state index in [0.29, 0.717) is 15.6 Å². The van der Waals surface area contributed by atoms with Gasteiger partial charge in [0.15, 0.2) is 20.8 Å². The van der Waals surface area contributed by atoms with Crippen LogP contribution in [-0.2, 0) is 94.7 Å². The van der Waals surface area contributed by atoms with Gasteiger partial charge in [0.25, 0.3) is 15.3 Å². The van der Waals surface area contributed by atoms with Gasteiger partial charge < -0.3 is 14.5 Å². The summed E-state index contributed by atoms with van der Waals surface area (Å²) in [7, 11) is -10.9. The summed E-state index contributed by atoms with van der Waals surface area (Å²) in [6.07, 6.45) is -13.9. The summed E-state index contributed by atoms with van der Waals surface area (Å²) in [5.74, 6) is -0.860. The molecule has 3 aromatic rings. The molecule has 66 heavy (non-hydrogen) atoms. The molecule has 0 bridgehead atoms. The lowest BCUT2D eigenvalue weighted by molar-refractivity contribution is -0.140. The average molecular weight is 1030 g/mol. The second-order valence-electron chi connectivity index (χ2n) is 16.5. The lowest BCUT2D eigenvalue weighted by Crippen LogP contribution is -2.35. The second kappa shape index (κ2) is 17.3. The van der Waals surface area contributed by atoms with E-state index in [4.69, 9.17) is 14.5 Å². The zero-order valence-electron chi connectivity index (χ0n) is 35.6. The molecule has 0 amide bonds. The van der Waals surface area contributed by atoms with Crippen LogP contribution in [0.4, 0.5) is 52.7 Å². The summed E-state index contributed by atoms with van der Waals surface area (Å²) in [4.78, 5) is 14.5. The number of sulfone groups is 3. The van der Waals surface area contributed by atoms with E-state index in [1.807, 2.05) is 0 Å². The molecule has 1 atom stereocenters. The van der Waals surface area contributed by atoms with Crippen LogP contribution in [0.5, 0.6) is 0 Å². The Balaban J connectivity index is 0.000000217. The molecule has 372 valence electrons. The number of rotatable bonds is 6. The van der Waals surface area contributed by atoms with Gasteiger partial charge in [0, 0.05) is 59.0 Å². The van der Waals surface area contributed by atoms with Crippen molar-refractivity contribution in [1.82, 2.24) is 29.3 Å². The van der Waals surface area contributed by atoms with Gasteiger partial charge in [-0.25, -0.2) is 29.6 Å². The third-order valence-corrected chi connectivity index (χ3v) is 13.8. The lowest BCUT2D eigenvalue weighted by atomic mass is 10.1. The van der Waals surface area contributed by atoms with Crippen LogP contribution in [0.2, 0.25) is 0 Å². The highest BCUT2D eigenvalue weighted by molar-refractivity contribution is 8.07. The smallest absolute Gasteiger partial charge is 0.389 e. The number of oxime groups is 3. The van der Waals surface area contributed by atoms with Crippen LogP contribution >= 0.6 is 0 Å². The normalized spacial score (nSPS) is 19.0. The molecular weight excluding hydrogens is 991 g/mol. The fourth-order valence-corrected chi connectivity index (χ4v) is 9.99. The van der Waals surface area contributed by atoms with Crippen LogP contribution in [0.1, 0.15) is 100 Å². The van der Waals surface area contributed by atoms with E-state index in [2.05, 4.69) is 30.8 Å². The van der Waals surface area contributed by atoms with Gasteiger partial charge in [-0.1, -0.05) is 15.5 Å². The van der Waals surface area contributed by atoms with Crippen LogP contribution < -0.4 is 0 Å². The van der Waals surface area contributed by atoms with E-state index in [0.717, 1.165) is 25.0 Å². The zero-order valence-corrected chi connectivity index (χ0v) is 38.0.